The number of nitrogens with zero attached hydrogens (tertiary/aromatic N) is 3. The van der Waals surface area contributed by atoms with E-state index in [0.717, 1.165) is 61.3 Å². The fourth-order valence-electron chi connectivity index (χ4n) is 7.09. The van der Waals surface area contributed by atoms with E-state index in [1.165, 1.54) is 6.07 Å². The zero-order valence-electron chi connectivity index (χ0n) is 28.1. The van der Waals surface area contributed by atoms with Crippen LogP contribution < -0.4 is 0 Å². The van der Waals surface area contributed by atoms with Gasteiger partial charge in [-0.3, -0.25) is 10.1 Å². The molecule has 0 fully saturated rings. The van der Waals surface area contributed by atoms with Crippen LogP contribution >= 0.6 is 34.8 Å². The first-order valence-corrected chi connectivity index (χ1v) is 18.1. The second-order valence-electron chi connectivity index (χ2n) is 12.8. The Balaban J connectivity index is 1.48. The predicted molar refractivity (Wildman–Crippen MR) is 222 cm³/mol. The number of H-pyrrole nitrogens is 2. The molecule has 54 heavy (non-hydrogen) atoms. The van der Waals surface area contributed by atoms with Gasteiger partial charge in [-0.1, -0.05) is 83.3 Å². The van der Waals surface area contributed by atoms with Crippen LogP contribution in [0.2, 0.25) is 15.1 Å². The van der Waals surface area contributed by atoms with Gasteiger partial charge in [-0.15, -0.1) is 0 Å². The standard InChI is InChI=1S/C44H26Cl3N5O2/c45-28-11-5-25(6-12-28)41-32-17-19-34(48-32)42(26-7-13-29(46)14-8-26)36-21-23-38(50-36)44(31-3-1-2-4-40(31)52(53)54)39-24-22-37(51-39)43(35-20-18-33(41)49-35)27-9-15-30(47)16-10-27/h1-24,48,51H. The molecule has 0 amide bonds. The van der Waals surface area contributed by atoms with Crippen molar-refractivity contribution in [3.8, 4) is 44.5 Å². The second-order valence-corrected chi connectivity index (χ2v) is 14.1. The van der Waals surface area contributed by atoms with Crippen LogP contribution in [0, 0.1) is 10.1 Å². The van der Waals surface area contributed by atoms with Gasteiger partial charge in [0.1, 0.15) is 0 Å². The average molecular weight is 763 g/mol. The van der Waals surface area contributed by atoms with Crippen molar-refractivity contribution in [1.82, 2.24) is 19.9 Å². The molecule has 0 aliphatic carbocycles. The van der Waals surface area contributed by atoms with Crippen molar-refractivity contribution in [2.75, 3.05) is 0 Å². The average Bonchev–Trinajstić information content (AvgIpc) is 4.02. The molecule has 0 spiro atoms. The third-order valence-electron chi connectivity index (χ3n) is 9.52. The van der Waals surface area contributed by atoms with Crippen molar-refractivity contribution >= 4 is 86.9 Å². The number of benzene rings is 4. The summed E-state index contributed by atoms with van der Waals surface area (Å²) < 4.78 is 0. The van der Waals surface area contributed by atoms with E-state index < -0.39 is 0 Å². The van der Waals surface area contributed by atoms with Gasteiger partial charge in [0.25, 0.3) is 5.69 Å². The molecule has 2 aliphatic rings. The summed E-state index contributed by atoms with van der Waals surface area (Å²) in [4.78, 5) is 29.9. The fraction of sp³-hybridized carbons (Fsp3) is 0. The van der Waals surface area contributed by atoms with E-state index in [1.54, 1.807) is 18.2 Å². The number of nitro groups is 1. The number of hydrogen-bond acceptors (Lipinski definition) is 4. The van der Waals surface area contributed by atoms with Crippen molar-refractivity contribution in [3.63, 3.8) is 0 Å². The first-order chi connectivity index (χ1) is 26.3. The Morgan fingerprint density at radius 1 is 0.444 bits per heavy atom. The Hall–Kier alpha value is -6.25. The predicted octanol–water partition coefficient (Wildman–Crippen LogP) is 13.2. The second kappa shape index (κ2) is 13.6. The molecule has 0 saturated carbocycles. The van der Waals surface area contributed by atoms with Gasteiger partial charge in [0.05, 0.1) is 33.3 Å². The number of hydrogen-bond donors (Lipinski definition) is 2. The van der Waals surface area contributed by atoms with E-state index in [2.05, 4.69) is 9.97 Å². The molecule has 8 bridgehead atoms. The van der Waals surface area contributed by atoms with E-state index >= 15 is 0 Å². The van der Waals surface area contributed by atoms with E-state index in [1.807, 2.05) is 121 Å². The van der Waals surface area contributed by atoms with Gasteiger partial charge in [-0.2, -0.15) is 0 Å². The zero-order chi connectivity index (χ0) is 36.9. The molecule has 7 aromatic rings. The Morgan fingerprint density at radius 2 is 0.778 bits per heavy atom. The largest absolute Gasteiger partial charge is 0.354 e. The highest BCUT2D eigenvalue weighted by Crippen LogP contribution is 2.40. The lowest BCUT2D eigenvalue weighted by Gasteiger charge is -2.07. The summed E-state index contributed by atoms with van der Waals surface area (Å²) in [5.74, 6) is 0. The van der Waals surface area contributed by atoms with E-state index in [-0.39, 0.29) is 10.6 Å². The lowest BCUT2D eigenvalue weighted by atomic mass is 10.0. The molecule has 2 N–H and O–H groups in total. The molecule has 0 saturated heterocycles. The highest BCUT2D eigenvalue weighted by atomic mass is 35.5. The summed E-state index contributed by atoms with van der Waals surface area (Å²) in [6.45, 7) is 0. The van der Waals surface area contributed by atoms with Crippen LogP contribution in [0.1, 0.15) is 22.8 Å². The van der Waals surface area contributed by atoms with Crippen molar-refractivity contribution in [2.24, 2.45) is 0 Å². The van der Waals surface area contributed by atoms with Crippen molar-refractivity contribution in [2.45, 2.75) is 0 Å². The van der Waals surface area contributed by atoms with Crippen LogP contribution in [0.3, 0.4) is 0 Å². The first kappa shape index (κ1) is 33.6. The van der Waals surface area contributed by atoms with Crippen LogP contribution in [0.4, 0.5) is 5.69 Å². The maximum absolute atomic E-state index is 12.4. The molecule has 3 aromatic heterocycles. The Kier molecular flexibility index (Phi) is 8.47. The van der Waals surface area contributed by atoms with Gasteiger partial charge in [-0.05, 0) is 108 Å². The molecular formula is C44H26Cl3N5O2. The molecule has 0 radical (unpaired) electrons. The highest BCUT2D eigenvalue weighted by Gasteiger charge is 2.22. The number of rotatable bonds is 5. The van der Waals surface area contributed by atoms with Crippen molar-refractivity contribution < 1.29 is 4.92 Å². The van der Waals surface area contributed by atoms with Crippen LogP contribution in [-0.2, 0) is 0 Å². The fourth-order valence-corrected chi connectivity index (χ4v) is 7.47. The number of para-hydroxylation sites is 1. The topological polar surface area (TPSA) is 100 Å². The molecule has 9 rings (SSSR count). The quantitative estimate of drug-likeness (QED) is 0.135. The summed E-state index contributed by atoms with van der Waals surface area (Å²) in [6, 6.07) is 37.6. The molecule has 7 nitrogen and oxygen atoms in total. The summed E-state index contributed by atoms with van der Waals surface area (Å²) in [7, 11) is 0. The summed E-state index contributed by atoms with van der Waals surface area (Å²) in [6.07, 6.45) is 7.85. The number of aromatic nitrogens is 4. The lowest BCUT2D eigenvalue weighted by molar-refractivity contribution is -0.384. The molecule has 4 aromatic carbocycles. The minimum absolute atomic E-state index is 0.0342. The zero-order valence-corrected chi connectivity index (χ0v) is 30.4. The number of halogens is 3. The van der Waals surface area contributed by atoms with Gasteiger partial charge in [0.15, 0.2) is 0 Å². The molecule has 260 valence electrons. The van der Waals surface area contributed by atoms with Gasteiger partial charge in [-0.25, -0.2) is 9.97 Å². The summed E-state index contributed by atoms with van der Waals surface area (Å²) in [5.41, 5.74) is 12.0. The maximum atomic E-state index is 12.4. The van der Waals surface area contributed by atoms with Gasteiger partial charge < -0.3 is 9.97 Å². The smallest absolute Gasteiger partial charge is 0.277 e. The van der Waals surface area contributed by atoms with Gasteiger partial charge >= 0.3 is 0 Å². The molecule has 2 aliphatic heterocycles. The first-order valence-electron chi connectivity index (χ1n) is 17.0. The van der Waals surface area contributed by atoms with Crippen LogP contribution in [-0.4, -0.2) is 24.9 Å². The molecule has 0 atom stereocenters. The van der Waals surface area contributed by atoms with Crippen LogP contribution in [0.5, 0.6) is 0 Å². The van der Waals surface area contributed by atoms with E-state index in [9.17, 15) is 10.1 Å². The number of aromatic amines is 2. The van der Waals surface area contributed by atoms with Gasteiger partial charge in [0, 0.05) is 65.5 Å². The molecule has 0 unspecified atom stereocenters. The Morgan fingerprint density at radius 3 is 1.15 bits per heavy atom. The maximum Gasteiger partial charge on any atom is 0.277 e. The SMILES string of the molecule is O=[N+]([O-])c1ccccc1-c1c2nc(c(-c3ccc(Cl)cc3)c3ccc([nH]3)c(-c3ccc(Cl)cc3)c3nc(c(-c4ccc(Cl)cc4)c4ccc1[nH]4)C=C3)C=C2. The highest BCUT2D eigenvalue weighted by molar-refractivity contribution is 6.31. The number of nitrogens with one attached hydrogen (secondary N) is 2. The third kappa shape index (κ3) is 6.08. The molecular weight excluding hydrogens is 737 g/mol. The van der Waals surface area contributed by atoms with Crippen LogP contribution in [0.15, 0.2) is 121 Å². The van der Waals surface area contributed by atoms with Crippen molar-refractivity contribution in [3.05, 3.63) is 169 Å². The minimum atomic E-state index is -0.365. The van der Waals surface area contributed by atoms with Crippen LogP contribution in [0.25, 0.3) is 90.9 Å². The molecule has 10 heteroatoms. The van der Waals surface area contributed by atoms with E-state index in [4.69, 9.17) is 44.8 Å². The minimum Gasteiger partial charge on any atom is -0.354 e. The monoisotopic (exact) mass is 761 g/mol. The van der Waals surface area contributed by atoms with Crippen molar-refractivity contribution in [1.29, 1.82) is 0 Å². The lowest BCUT2D eigenvalue weighted by Crippen LogP contribution is -1.94. The Labute approximate surface area is 324 Å². The number of nitro benzene ring substituents is 1. The summed E-state index contributed by atoms with van der Waals surface area (Å²) in [5, 5.41) is 14.3. The normalized spacial score (nSPS) is 12.0. The number of fused-ring (bicyclic) bond motifs is 8. The van der Waals surface area contributed by atoms with Gasteiger partial charge in [0.2, 0.25) is 0 Å². The Bertz CT molecular complexity index is 2830. The summed E-state index contributed by atoms with van der Waals surface area (Å²) >= 11 is 19.1. The van der Waals surface area contributed by atoms with E-state index in [0.29, 0.717) is 43.1 Å². The third-order valence-corrected chi connectivity index (χ3v) is 10.3. The molecule has 5 heterocycles.